The van der Waals surface area contributed by atoms with Gasteiger partial charge in [0.2, 0.25) is 5.91 Å². The summed E-state index contributed by atoms with van der Waals surface area (Å²) in [6, 6.07) is 20.4. The molecule has 34 heavy (non-hydrogen) atoms. The molecule has 8 nitrogen and oxygen atoms in total. The predicted molar refractivity (Wildman–Crippen MR) is 128 cm³/mol. The van der Waals surface area contributed by atoms with Gasteiger partial charge in [0.25, 0.3) is 5.91 Å². The molecule has 1 aliphatic heterocycles. The van der Waals surface area contributed by atoms with Crippen molar-refractivity contribution in [3.05, 3.63) is 66.7 Å². The van der Waals surface area contributed by atoms with E-state index in [0.717, 1.165) is 35.4 Å². The summed E-state index contributed by atoms with van der Waals surface area (Å²) in [5.41, 5.74) is 1.51. The van der Waals surface area contributed by atoms with Gasteiger partial charge in [0, 0.05) is 11.6 Å². The fraction of sp³-hybridized carbons (Fsp3) is 0.308. The fourth-order valence-electron chi connectivity index (χ4n) is 4.95. The first-order chi connectivity index (χ1) is 16.5. The summed E-state index contributed by atoms with van der Waals surface area (Å²) >= 11 is 0. The molecule has 3 aromatic rings. The van der Waals surface area contributed by atoms with E-state index in [2.05, 4.69) is 15.7 Å². The summed E-state index contributed by atoms with van der Waals surface area (Å²) in [5, 5.41) is 10.4. The van der Waals surface area contributed by atoms with Gasteiger partial charge >= 0.3 is 6.03 Å². The molecule has 2 atom stereocenters. The number of nitrogens with zero attached hydrogens (tertiary/aromatic N) is 3. The van der Waals surface area contributed by atoms with Gasteiger partial charge in [0.05, 0.1) is 11.4 Å². The highest BCUT2D eigenvalue weighted by Gasteiger charge is 2.55. The van der Waals surface area contributed by atoms with E-state index in [1.165, 1.54) is 0 Å². The lowest BCUT2D eigenvalue weighted by Gasteiger charge is -2.36. The average Bonchev–Trinajstić information content (AvgIpc) is 3.37. The minimum atomic E-state index is -0.887. The summed E-state index contributed by atoms with van der Waals surface area (Å²) < 4.78 is 1.65. The van der Waals surface area contributed by atoms with E-state index in [4.69, 9.17) is 0 Å². The third kappa shape index (κ3) is 3.85. The number of benzene rings is 2. The number of hydrogen-bond acceptors (Lipinski definition) is 4. The Morgan fingerprint density at radius 1 is 1.09 bits per heavy atom. The van der Waals surface area contributed by atoms with Crippen molar-refractivity contribution in [3.63, 3.8) is 0 Å². The lowest BCUT2D eigenvalue weighted by atomic mass is 9.73. The molecule has 0 radical (unpaired) electrons. The SMILES string of the molecule is CC1CCCCC12NC(=O)N(CC(=O)Nc1cc(-c3ccccc3)nn1-c1ccccc1)C2=O. The van der Waals surface area contributed by atoms with Crippen molar-refractivity contribution in [2.45, 2.75) is 38.1 Å². The van der Waals surface area contributed by atoms with E-state index in [9.17, 15) is 14.4 Å². The summed E-state index contributed by atoms with van der Waals surface area (Å²) in [6.07, 6.45) is 3.41. The van der Waals surface area contributed by atoms with Crippen LogP contribution < -0.4 is 10.6 Å². The lowest BCUT2D eigenvalue weighted by Crippen LogP contribution is -2.54. The largest absolute Gasteiger partial charge is 0.325 e. The standard InChI is InChI=1S/C26H27N5O3/c1-18-10-8-9-15-26(18)24(33)30(25(34)28-26)17-23(32)27-22-16-21(19-11-4-2-5-12-19)29-31(22)20-13-6-3-7-14-20/h2-7,11-14,16,18H,8-10,15,17H2,1H3,(H,27,32)(H,28,34). The lowest BCUT2D eigenvalue weighted by molar-refractivity contribution is -0.136. The molecule has 2 aromatic carbocycles. The quantitative estimate of drug-likeness (QED) is 0.567. The van der Waals surface area contributed by atoms with Gasteiger partial charge in [-0.1, -0.05) is 68.3 Å². The molecular weight excluding hydrogens is 430 g/mol. The third-order valence-corrected chi connectivity index (χ3v) is 6.85. The second kappa shape index (κ2) is 8.78. The van der Waals surface area contributed by atoms with Gasteiger partial charge in [-0.25, -0.2) is 9.48 Å². The van der Waals surface area contributed by atoms with Crippen molar-refractivity contribution in [2.75, 3.05) is 11.9 Å². The molecule has 2 unspecified atom stereocenters. The maximum Gasteiger partial charge on any atom is 0.325 e. The van der Waals surface area contributed by atoms with Crippen LogP contribution in [0.15, 0.2) is 66.7 Å². The average molecular weight is 458 g/mol. The van der Waals surface area contributed by atoms with Gasteiger partial charge in [-0.2, -0.15) is 5.10 Å². The molecule has 2 aliphatic rings. The monoisotopic (exact) mass is 457 g/mol. The van der Waals surface area contributed by atoms with E-state index in [1.54, 1.807) is 10.7 Å². The Morgan fingerprint density at radius 2 is 1.79 bits per heavy atom. The molecule has 1 saturated carbocycles. The molecule has 1 aromatic heterocycles. The number of carbonyl (C=O) groups excluding carboxylic acids is 3. The Kier molecular flexibility index (Phi) is 5.65. The Labute approximate surface area is 197 Å². The van der Waals surface area contributed by atoms with E-state index in [0.29, 0.717) is 17.9 Å². The molecule has 8 heteroatoms. The Bertz CT molecular complexity index is 1220. The molecule has 1 saturated heterocycles. The van der Waals surface area contributed by atoms with Crippen LogP contribution in [0.25, 0.3) is 16.9 Å². The topological polar surface area (TPSA) is 96.3 Å². The van der Waals surface area contributed by atoms with E-state index in [1.807, 2.05) is 67.6 Å². The van der Waals surface area contributed by atoms with Gasteiger partial charge < -0.3 is 10.6 Å². The number of imide groups is 1. The first-order valence-electron chi connectivity index (χ1n) is 11.6. The highest BCUT2D eigenvalue weighted by atomic mass is 16.2. The van der Waals surface area contributed by atoms with Crippen LogP contribution in [0.1, 0.15) is 32.6 Å². The van der Waals surface area contributed by atoms with Gasteiger partial charge in [-0.05, 0) is 30.9 Å². The number of hydrogen-bond donors (Lipinski definition) is 2. The molecule has 2 fully saturated rings. The summed E-state index contributed by atoms with van der Waals surface area (Å²) in [5.74, 6) is -0.261. The van der Waals surface area contributed by atoms with Crippen LogP contribution in [0.3, 0.4) is 0 Å². The van der Waals surface area contributed by atoms with E-state index in [-0.39, 0.29) is 18.4 Å². The van der Waals surface area contributed by atoms with Crippen LogP contribution >= 0.6 is 0 Å². The first-order valence-corrected chi connectivity index (χ1v) is 11.6. The summed E-state index contributed by atoms with van der Waals surface area (Å²) in [4.78, 5) is 39.9. The molecule has 1 spiro atoms. The van der Waals surface area contributed by atoms with E-state index >= 15 is 0 Å². The number of carbonyl (C=O) groups is 3. The first kappa shape index (κ1) is 21.9. The number of anilines is 1. The van der Waals surface area contributed by atoms with Crippen LogP contribution in [0.4, 0.5) is 10.6 Å². The van der Waals surface area contributed by atoms with Crippen molar-refractivity contribution in [1.29, 1.82) is 0 Å². The molecule has 174 valence electrons. The number of para-hydroxylation sites is 1. The number of nitrogens with one attached hydrogen (secondary N) is 2. The van der Waals surface area contributed by atoms with E-state index < -0.39 is 17.5 Å². The highest BCUT2D eigenvalue weighted by Crippen LogP contribution is 2.38. The number of rotatable bonds is 5. The molecule has 0 bridgehead atoms. The van der Waals surface area contributed by atoms with Crippen molar-refractivity contribution in [3.8, 4) is 16.9 Å². The highest BCUT2D eigenvalue weighted by molar-refractivity contribution is 6.10. The Morgan fingerprint density at radius 3 is 2.50 bits per heavy atom. The van der Waals surface area contributed by atoms with Crippen molar-refractivity contribution >= 4 is 23.7 Å². The second-order valence-corrected chi connectivity index (χ2v) is 9.02. The number of aromatic nitrogens is 2. The predicted octanol–water partition coefficient (Wildman–Crippen LogP) is 3.98. The van der Waals surface area contributed by atoms with Gasteiger partial charge in [0.1, 0.15) is 17.9 Å². The zero-order valence-corrected chi connectivity index (χ0v) is 19.0. The van der Waals surface area contributed by atoms with Crippen LogP contribution in [-0.4, -0.2) is 44.6 Å². The molecule has 2 N–H and O–H groups in total. The molecular formula is C26H27N5O3. The zero-order valence-electron chi connectivity index (χ0n) is 19.0. The van der Waals surface area contributed by atoms with Crippen molar-refractivity contribution < 1.29 is 14.4 Å². The third-order valence-electron chi connectivity index (χ3n) is 6.85. The normalized spacial score (nSPS) is 22.1. The Balaban J connectivity index is 1.39. The summed E-state index contributed by atoms with van der Waals surface area (Å²) in [7, 11) is 0. The van der Waals surface area contributed by atoms with Crippen LogP contribution in [-0.2, 0) is 9.59 Å². The molecule has 1 aliphatic carbocycles. The minimum Gasteiger partial charge on any atom is -0.323 e. The van der Waals surface area contributed by atoms with Gasteiger partial charge in [0.15, 0.2) is 0 Å². The maximum absolute atomic E-state index is 13.2. The number of amides is 4. The van der Waals surface area contributed by atoms with Crippen LogP contribution in [0.2, 0.25) is 0 Å². The van der Waals surface area contributed by atoms with Gasteiger partial charge in [-0.3, -0.25) is 14.5 Å². The van der Waals surface area contributed by atoms with Crippen molar-refractivity contribution in [1.82, 2.24) is 20.0 Å². The minimum absolute atomic E-state index is 0.0405. The number of urea groups is 1. The molecule has 4 amide bonds. The van der Waals surface area contributed by atoms with Crippen LogP contribution in [0.5, 0.6) is 0 Å². The van der Waals surface area contributed by atoms with Gasteiger partial charge in [-0.15, -0.1) is 0 Å². The maximum atomic E-state index is 13.2. The molecule has 5 rings (SSSR count). The zero-order chi connectivity index (χ0) is 23.7. The Hall–Kier alpha value is -3.94. The van der Waals surface area contributed by atoms with Crippen LogP contribution in [0, 0.1) is 5.92 Å². The summed E-state index contributed by atoms with van der Waals surface area (Å²) in [6.45, 7) is 1.64. The second-order valence-electron chi connectivity index (χ2n) is 9.02. The fourth-order valence-corrected chi connectivity index (χ4v) is 4.95. The smallest absolute Gasteiger partial charge is 0.323 e. The van der Waals surface area contributed by atoms with Crippen molar-refractivity contribution in [2.24, 2.45) is 5.92 Å². The molecule has 2 heterocycles.